The zero-order chi connectivity index (χ0) is 25.6. The highest BCUT2D eigenvalue weighted by molar-refractivity contribution is 5.99. The number of ether oxygens (including phenoxy) is 1. The van der Waals surface area contributed by atoms with Crippen LogP contribution < -0.4 is 10.1 Å². The third kappa shape index (κ3) is 5.39. The fraction of sp³-hybridized carbons (Fsp3) is 0.167. The lowest BCUT2D eigenvalue weighted by Crippen LogP contribution is -2.29. The van der Waals surface area contributed by atoms with Crippen LogP contribution in [0.25, 0.3) is 10.9 Å². The number of imidazole rings is 1. The average Bonchev–Trinajstić information content (AvgIpc) is 3.51. The monoisotopic (exact) mass is 489 g/mol. The highest BCUT2D eigenvalue weighted by Gasteiger charge is 2.20. The van der Waals surface area contributed by atoms with Gasteiger partial charge in [0.1, 0.15) is 17.1 Å². The van der Waals surface area contributed by atoms with E-state index < -0.39 is 0 Å². The van der Waals surface area contributed by atoms with Gasteiger partial charge in [0.05, 0.1) is 31.2 Å². The van der Waals surface area contributed by atoms with Gasteiger partial charge in [-0.05, 0) is 66.2 Å². The molecule has 5 rings (SSSR count). The molecular formula is C30H27N5O2. The minimum absolute atomic E-state index is 0.187. The Hall–Kier alpha value is -4.83. The number of aromatic amines is 1. The molecule has 0 radical (unpaired) electrons. The first-order valence-electron chi connectivity index (χ1n) is 12.1. The fourth-order valence-corrected chi connectivity index (χ4v) is 4.16. The number of aryl methyl sites for hydroxylation is 1. The number of amides is 1. The van der Waals surface area contributed by atoms with Crippen LogP contribution in [-0.2, 0) is 7.05 Å². The number of benzene rings is 2. The van der Waals surface area contributed by atoms with Crippen molar-refractivity contribution in [1.29, 1.82) is 0 Å². The molecule has 0 saturated carbocycles. The number of methoxy groups -OCH3 is 1. The zero-order valence-corrected chi connectivity index (χ0v) is 20.7. The van der Waals surface area contributed by atoms with E-state index in [0.29, 0.717) is 16.8 Å². The molecule has 184 valence electrons. The average molecular weight is 490 g/mol. The van der Waals surface area contributed by atoms with Crippen LogP contribution >= 0.6 is 0 Å². The Morgan fingerprint density at radius 3 is 2.76 bits per heavy atom. The minimum atomic E-state index is -0.326. The Balaban J connectivity index is 1.43. The molecule has 0 saturated heterocycles. The van der Waals surface area contributed by atoms with Gasteiger partial charge in [-0.15, -0.1) is 0 Å². The normalized spacial score (nSPS) is 16.9. The van der Waals surface area contributed by atoms with Crippen LogP contribution in [0.4, 0.5) is 0 Å². The largest absolute Gasteiger partial charge is 0.497 e. The summed E-state index contributed by atoms with van der Waals surface area (Å²) in [6.45, 7) is 0. The van der Waals surface area contributed by atoms with E-state index in [4.69, 9.17) is 4.74 Å². The van der Waals surface area contributed by atoms with Crippen LogP contribution in [0.5, 0.6) is 5.75 Å². The van der Waals surface area contributed by atoms with E-state index in [1.807, 2.05) is 48.0 Å². The summed E-state index contributed by atoms with van der Waals surface area (Å²) in [5.74, 6) is 6.79. The summed E-state index contributed by atoms with van der Waals surface area (Å²) in [5, 5.41) is 11.4. The standard InChI is InChI=1S/C30H27N5O2/c1-35-20-31-19-24(35)13-17-27-26-16-12-23(18-28(26)34-33-27)30(36)32-29(21-8-6-4-3-5-7-9-21)22-10-14-25(37-2)15-11-22/h4,6-12,14-16,18-20,29H,3,5H2,1-2H3,(H,32,36)(H,33,34)/b6-4-,9-7-,21-8+. The first kappa shape index (κ1) is 23.9. The molecule has 1 amide bonds. The van der Waals surface area contributed by atoms with Crippen molar-refractivity contribution in [2.24, 2.45) is 7.05 Å². The van der Waals surface area contributed by atoms with Crippen LogP contribution in [0.3, 0.4) is 0 Å². The van der Waals surface area contributed by atoms with Crippen LogP contribution in [0.15, 0.2) is 90.9 Å². The Morgan fingerprint density at radius 1 is 1.14 bits per heavy atom. The second-order valence-electron chi connectivity index (χ2n) is 8.72. The molecule has 0 bridgehead atoms. The van der Waals surface area contributed by atoms with E-state index in [1.54, 1.807) is 31.8 Å². The number of carbonyl (C=O) groups is 1. The molecule has 1 unspecified atom stereocenters. The van der Waals surface area contributed by atoms with Crippen LogP contribution in [0, 0.1) is 11.8 Å². The van der Waals surface area contributed by atoms with Gasteiger partial charge in [0.2, 0.25) is 0 Å². The molecule has 7 nitrogen and oxygen atoms in total. The van der Waals surface area contributed by atoms with Crippen molar-refractivity contribution in [3.8, 4) is 17.6 Å². The Morgan fingerprint density at radius 2 is 1.97 bits per heavy atom. The number of hydrogen-bond acceptors (Lipinski definition) is 4. The number of hydrogen-bond donors (Lipinski definition) is 2. The summed E-state index contributed by atoms with van der Waals surface area (Å²) in [4.78, 5) is 17.5. The maximum atomic E-state index is 13.4. The molecule has 2 aromatic heterocycles. The number of fused-ring (bicyclic) bond motifs is 1. The Labute approximate surface area is 215 Å². The predicted octanol–water partition coefficient (Wildman–Crippen LogP) is 5.01. The summed E-state index contributed by atoms with van der Waals surface area (Å²) >= 11 is 0. The molecule has 1 aliphatic carbocycles. The van der Waals surface area contributed by atoms with Crippen molar-refractivity contribution in [3.05, 3.63) is 113 Å². The molecule has 37 heavy (non-hydrogen) atoms. The van der Waals surface area contributed by atoms with Crippen molar-refractivity contribution in [2.45, 2.75) is 18.9 Å². The molecule has 4 aromatic rings. The Kier molecular flexibility index (Phi) is 7.00. The Bertz CT molecular complexity index is 1580. The predicted molar refractivity (Wildman–Crippen MR) is 144 cm³/mol. The lowest BCUT2D eigenvalue weighted by Gasteiger charge is -2.21. The summed E-state index contributed by atoms with van der Waals surface area (Å²) < 4.78 is 7.17. The first-order chi connectivity index (χ1) is 18.1. The summed E-state index contributed by atoms with van der Waals surface area (Å²) in [5.41, 5.74) is 4.66. The van der Waals surface area contributed by atoms with Crippen molar-refractivity contribution in [1.82, 2.24) is 25.1 Å². The third-order valence-electron chi connectivity index (χ3n) is 6.24. The number of carbonyl (C=O) groups excluding carboxylic acids is 1. The van der Waals surface area contributed by atoms with Gasteiger partial charge in [0.25, 0.3) is 5.91 Å². The third-order valence-corrected chi connectivity index (χ3v) is 6.24. The van der Waals surface area contributed by atoms with Gasteiger partial charge in [-0.2, -0.15) is 5.10 Å². The molecule has 7 heteroatoms. The molecule has 1 aliphatic rings. The van der Waals surface area contributed by atoms with E-state index in [0.717, 1.165) is 40.8 Å². The molecule has 0 aliphatic heterocycles. The van der Waals surface area contributed by atoms with Crippen LogP contribution in [-0.4, -0.2) is 32.8 Å². The van der Waals surface area contributed by atoms with Gasteiger partial charge < -0.3 is 14.6 Å². The van der Waals surface area contributed by atoms with E-state index in [1.165, 1.54) is 0 Å². The smallest absolute Gasteiger partial charge is 0.252 e. The van der Waals surface area contributed by atoms with Gasteiger partial charge in [-0.1, -0.05) is 42.5 Å². The van der Waals surface area contributed by atoms with Crippen LogP contribution in [0.2, 0.25) is 0 Å². The van der Waals surface area contributed by atoms with Crippen LogP contribution in [0.1, 0.15) is 46.2 Å². The molecule has 1 atom stereocenters. The number of H-pyrrole nitrogens is 1. The molecule has 2 aromatic carbocycles. The fourth-order valence-electron chi connectivity index (χ4n) is 4.16. The highest BCUT2D eigenvalue weighted by Crippen LogP contribution is 2.27. The minimum Gasteiger partial charge on any atom is -0.497 e. The lowest BCUT2D eigenvalue weighted by molar-refractivity contribution is 0.0943. The maximum absolute atomic E-state index is 13.4. The maximum Gasteiger partial charge on any atom is 0.252 e. The molecule has 2 N–H and O–H groups in total. The van der Waals surface area contributed by atoms with E-state index in [-0.39, 0.29) is 11.9 Å². The van der Waals surface area contributed by atoms with E-state index in [2.05, 4.69) is 56.6 Å². The van der Waals surface area contributed by atoms with Crippen molar-refractivity contribution < 1.29 is 9.53 Å². The zero-order valence-electron chi connectivity index (χ0n) is 20.7. The number of aromatic nitrogens is 4. The number of nitrogens with zero attached hydrogens (tertiary/aromatic N) is 3. The summed E-state index contributed by atoms with van der Waals surface area (Å²) in [7, 11) is 3.53. The summed E-state index contributed by atoms with van der Waals surface area (Å²) in [6, 6.07) is 12.9. The topological polar surface area (TPSA) is 84.8 Å². The summed E-state index contributed by atoms with van der Waals surface area (Å²) in [6.07, 6.45) is 15.8. The second-order valence-corrected chi connectivity index (χ2v) is 8.72. The van der Waals surface area contributed by atoms with Crippen molar-refractivity contribution >= 4 is 16.8 Å². The molecule has 2 heterocycles. The number of allylic oxidation sites excluding steroid dienone is 4. The SMILES string of the molecule is COc1ccc(C(NC(=O)c2ccc3c(C#Cc4cncn4C)[nH]nc3c2)C2=C/C=C\CC/C=C\2)cc1. The highest BCUT2D eigenvalue weighted by atomic mass is 16.5. The molecule has 0 fully saturated rings. The quantitative estimate of drug-likeness (QED) is 0.386. The van der Waals surface area contributed by atoms with Gasteiger partial charge in [-0.3, -0.25) is 9.89 Å². The van der Waals surface area contributed by atoms with Crippen molar-refractivity contribution in [2.75, 3.05) is 7.11 Å². The van der Waals surface area contributed by atoms with Crippen molar-refractivity contribution in [3.63, 3.8) is 0 Å². The van der Waals surface area contributed by atoms with Gasteiger partial charge in [-0.25, -0.2) is 4.98 Å². The van der Waals surface area contributed by atoms with Gasteiger partial charge in [0, 0.05) is 18.0 Å². The number of rotatable bonds is 5. The molecular weight excluding hydrogens is 462 g/mol. The first-order valence-corrected chi connectivity index (χ1v) is 12.1. The van der Waals surface area contributed by atoms with E-state index >= 15 is 0 Å². The van der Waals surface area contributed by atoms with E-state index in [9.17, 15) is 4.79 Å². The van der Waals surface area contributed by atoms with Gasteiger partial charge in [0.15, 0.2) is 0 Å². The van der Waals surface area contributed by atoms with Gasteiger partial charge >= 0.3 is 0 Å². The second kappa shape index (κ2) is 10.8. The molecule has 0 spiro atoms. The lowest BCUT2D eigenvalue weighted by atomic mass is 9.95. The number of nitrogens with one attached hydrogen (secondary N) is 2.